The summed E-state index contributed by atoms with van der Waals surface area (Å²) >= 11 is 17.6. The summed E-state index contributed by atoms with van der Waals surface area (Å²) in [7, 11) is 0. The number of phenols is 1. The molecule has 3 aromatic rings. The third-order valence-electron chi connectivity index (χ3n) is 7.91. The van der Waals surface area contributed by atoms with E-state index in [2.05, 4.69) is 15.9 Å². The quantitative estimate of drug-likeness (QED) is 0.196. The van der Waals surface area contributed by atoms with E-state index in [1.165, 1.54) is 15.4 Å². The molecule has 10 nitrogen and oxygen atoms in total. The summed E-state index contributed by atoms with van der Waals surface area (Å²) in [4.78, 5) is 51.8. The highest BCUT2D eigenvalue weighted by atomic mass is 79.9. The first-order chi connectivity index (χ1) is 19.1. The van der Waals surface area contributed by atoms with Crippen LogP contribution in [0.4, 0.5) is 0 Å². The molecule has 3 aliphatic rings. The van der Waals surface area contributed by atoms with E-state index in [1.807, 2.05) is 0 Å². The number of para-hydroxylation sites is 1. The Hall–Kier alpha value is -3.28. The number of ether oxygens (including phenoxy) is 1. The van der Waals surface area contributed by atoms with Gasteiger partial charge in [0.1, 0.15) is 0 Å². The second-order valence-electron chi connectivity index (χ2n) is 9.85. The summed E-state index contributed by atoms with van der Waals surface area (Å²) in [6, 6.07) is 12.2. The Morgan fingerprint density at radius 2 is 1.77 bits per heavy atom. The average molecular weight is 650 g/mol. The van der Waals surface area contributed by atoms with E-state index in [-0.39, 0.29) is 36.5 Å². The molecule has 13 heteroatoms. The number of imide groups is 1. The SMILES string of the molecule is CCOc1cc(C2C3=CCn4c(=O)n(-c5ccccc5)c(=O)n4C3CC3(Cl)C(=O)N(CBr)C(=O)C23Cl)ccc1O. The minimum absolute atomic E-state index is 0.0270. The van der Waals surface area contributed by atoms with Crippen LogP contribution in [0.5, 0.6) is 11.5 Å². The van der Waals surface area contributed by atoms with E-state index < -0.39 is 44.9 Å². The molecular formula is C27H23BrCl2N4O6. The molecule has 4 unspecified atom stereocenters. The Bertz CT molecular complexity index is 1720. The first-order valence-corrected chi connectivity index (χ1v) is 14.4. The molecular weight excluding hydrogens is 627 g/mol. The van der Waals surface area contributed by atoms with Gasteiger partial charge < -0.3 is 9.84 Å². The zero-order chi connectivity index (χ0) is 28.6. The Balaban J connectivity index is 1.61. The predicted molar refractivity (Wildman–Crippen MR) is 151 cm³/mol. The van der Waals surface area contributed by atoms with Crippen LogP contribution >= 0.6 is 39.1 Å². The number of aromatic hydroxyl groups is 1. The number of alkyl halides is 3. The molecule has 1 saturated heterocycles. The van der Waals surface area contributed by atoms with Gasteiger partial charge in [0.25, 0.3) is 11.8 Å². The van der Waals surface area contributed by atoms with Gasteiger partial charge in [-0.1, -0.05) is 46.3 Å². The van der Waals surface area contributed by atoms with Gasteiger partial charge in [-0.2, -0.15) is 0 Å². The van der Waals surface area contributed by atoms with Crippen molar-refractivity contribution in [3.63, 3.8) is 0 Å². The number of aromatic nitrogens is 3. The van der Waals surface area contributed by atoms with Crippen LogP contribution in [0.15, 0.2) is 69.8 Å². The number of rotatable bonds is 5. The van der Waals surface area contributed by atoms with Gasteiger partial charge in [-0.15, -0.1) is 23.2 Å². The maximum absolute atomic E-state index is 13.8. The smallest absolute Gasteiger partial charge is 0.352 e. The number of amides is 2. The lowest BCUT2D eigenvalue weighted by atomic mass is 9.64. The number of allylic oxidation sites excluding steroid dienone is 2. The second-order valence-corrected chi connectivity index (χ2v) is 11.6. The van der Waals surface area contributed by atoms with Gasteiger partial charge in [0, 0.05) is 12.3 Å². The zero-order valence-corrected chi connectivity index (χ0v) is 24.2. The Kier molecular flexibility index (Phi) is 6.32. The maximum atomic E-state index is 13.8. The summed E-state index contributed by atoms with van der Waals surface area (Å²) in [5.41, 5.74) is 0.131. The molecule has 1 saturated carbocycles. The first kappa shape index (κ1) is 26.9. The largest absolute Gasteiger partial charge is 0.504 e. The second kappa shape index (κ2) is 9.39. The number of halogens is 3. The number of carbonyl (C=O) groups excluding carboxylic acids is 2. The number of likely N-dealkylation sites (tertiary alicyclic amines) is 1. The number of carbonyl (C=O) groups is 2. The van der Waals surface area contributed by atoms with E-state index in [0.29, 0.717) is 16.8 Å². The molecule has 2 fully saturated rings. The molecule has 0 spiro atoms. The van der Waals surface area contributed by atoms with Crippen molar-refractivity contribution >= 4 is 50.9 Å². The van der Waals surface area contributed by atoms with Gasteiger partial charge in [0.05, 0.1) is 30.3 Å². The molecule has 3 heterocycles. The van der Waals surface area contributed by atoms with Gasteiger partial charge >= 0.3 is 11.4 Å². The molecule has 0 radical (unpaired) electrons. The predicted octanol–water partition coefficient (Wildman–Crippen LogP) is 3.25. The molecule has 6 rings (SSSR count). The molecule has 208 valence electrons. The molecule has 2 aromatic carbocycles. The molecule has 1 N–H and O–H groups in total. The van der Waals surface area contributed by atoms with Crippen LogP contribution in [-0.2, 0) is 16.1 Å². The van der Waals surface area contributed by atoms with Gasteiger partial charge in [0.2, 0.25) is 0 Å². The fourth-order valence-electron chi connectivity index (χ4n) is 6.17. The molecule has 40 heavy (non-hydrogen) atoms. The van der Waals surface area contributed by atoms with Crippen molar-refractivity contribution < 1.29 is 19.4 Å². The summed E-state index contributed by atoms with van der Waals surface area (Å²) in [6.07, 6.45) is 1.55. The number of benzene rings is 2. The van der Waals surface area contributed by atoms with Gasteiger partial charge in [-0.25, -0.2) is 23.5 Å². The molecule has 1 aliphatic carbocycles. The van der Waals surface area contributed by atoms with Gasteiger partial charge in [-0.05, 0) is 42.3 Å². The number of phenolic OH excluding ortho intramolecular Hbond substituents is 1. The first-order valence-electron chi connectivity index (χ1n) is 12.6. The fourth-order valence-corrected chi connectivity index (χ4v) is 7.57. The maximum Gasteiger partial charge on any atom is 0.352 e. The number of hydrogen-bond acceptors (Lipinski definition) is 6. The van der Waals surface area contributed by atoms with Crippen molar-refractivity contribution in [1.82, 2.24) is 18.8 Å². The van der Waals surface area contributed by atoms with Crippen LogP contribution in [-0.4, -0.2) is 57.6 Å². The van der Waals surface area contributed by atoms with E-state index >= 15 is 0 Å². The molecule has 2 aliphatic heterocycles. The lowest BCUT2D eigenvalue weighted by Crippen LogP contribution is -2.59. The Labute approximate surface area is 246 Å². The van der Waals surface area contributed by atoms with Crippen molar-refractivity contribution in [2.45, 2.75) is 41.6 Å². The molecule has 0 bridgehead atoms. The molecule has 1 aromatic heterocycles. The lowest BCUT2D eigenvalue weighted by Gasteiger charge is -2.49. The summed E-state index contributed by atoms with van der Waals surface area (Å²) in [6.45, 7) is 2.05. The van der Waals surface area contributed by atoms with Crippen molar-refractivity contribution in [3.8, 4) is 17.2 Å². The van der Waals surface area contributed by atoms with E-state index in [9.17, 15) is 24.3 Å². The zero-order valence-electron chi connectivity index (χ0n) is 21.1. The molecule has 2 amide bonds. The average Bonchev–Trinajstić information content (AvgIpc) is 3.28. The monoisotopic (exact) mass is 648 g/mol. The number of hydrogen-bond donors (Lipinski definition) is 1. The topological polar surface area (TPSA) is 116 Å². The van der Waals surface area contributed by atoms with Crippen LogP contribution in [0.2, 0.25) is 0 Å². The van der Waals surface area contributed by atoms with Crippen molar-refractivity contribution in [2.75, 3.05) is 12.1 Å². The van der Waals surface area contributed by atoms with Crippen molar-refractivity contribution in [1.29, 1.82) is 0 Å². The summed E-state index contributed by atoms with van der Waals surface area (Å²) in [5.74, 6) is -2.33. The number of nitrogens with zero attached hydrogens (tertiary/aromatic N) is 4. The minimum Gasteiger partial charge on any atom is -0.504 e. The number of fused-ring (bicyclic) bond motifs is 4. The van der Waals surface area contributed by atoms with E-state index in [0.717, 1.165) is 9.47 Å². The third-order valence-corrected chi connectivity index (χ3v) is 9.83. The van der Waals surface area contributed by atoms with Crippen LogP contribution in [0.25, 0.3) is 5.69 Å². The lowest BCUT2D eigenvalue weighted by molar-refractivity contribution is -0.138. The van der Waals surface area contributed by atoms with Crippen LogP contribution in [0.1, 0.15) is 30.9 Å². The summed E-state index contributed by atoms with van der Waals surface area (Å²) < 4.78 is 9.25. The van der Waals surface area contributed by atoms with Crippen molar-refractivity contribution in [2.24, 2.45) is 0 Å². The third kappa shape index (κ3) is 3.40. The minimum atomic E-state index is -1.96. The highest BCUT2D eigenvalue weighted by molar-refractivity contribution is 9.09. The van der Waals surface area contributed by atoms with Crippen LogP contribution in [0, 0.1) is 0 Å². The Morgan fingerprint density at radius 3 is 2.45 bits per heavy atom. The summed E-state index contributed by atoms with van der Waals surface area (Å²) in [5, 5.41) is 10.4. The highest BCUT2D eigenvalue weighted by Crippen LogP contribution is 2.63. The van der Waals surface area contributed by atoms with Gasteiger partial charge in [-0.3, -0.25) is 14.5 Å². The Morgan fingerprint density at radius 1 is 1.05 bits per heavy atom. The van der Waals surface area contributed by atoms with Crippen molar-refractivity contribution in [3.05, 3.63) is 86.7 Å². The molecule has 4 atom stereocenters. The van der Waals surface area contributed by atoms with E-state index in [4.69, 9.17) is 27.9 Å². The van der Waals surface area contributed by atoms with Crippen LogP contribution in [0.3, 0.4) is 0 Å². The van der Waals surface area contributed by atoms with E-state index in [1.54, 1.807) is 55.5 Å². The van der Waals surface area contributed by atoms with Gasteiger partial charge in [0.15, 0.2) is 21.2 Å². The fraction of sp³-hybridized carbons (Fsp3) is 0.333. The van der Waals surface area contributed by atoms with Crippen LogP contribution < -0.4 is 16.1 Å². The normalized spacial score (nSPS) is 27.2. The highest BCUT2D eigenvalue weighted by Gasteiger charge is 2.75. The standard InChI is InChI=1S/C27H23BrCl2N4O6/c1-2-40-20-12-15(8-9-19(20)35)21-17-10-11-32-24(38)33(16-6-4-3-5-7-16)25(39)34(32)18(17)13-26(29)22(36)31(14-28)23(37)27(21,26)30/h3-10,12,18,21,35H,2,11,13-14H2,1H3.